The number of thioether (sulfide) groups is 1. The highest BCUT2D eigenvalue weighted by atomic mass is 35.5. The molecule has 0 aliphatic rings. The average Bonchev–Trinajstić information content (AvgIpc) is 2.59. The summed E-state index contributed by atoms with van der Waals surface area (Å²) in [6, 6.07) is -0.831. The molecule has 0 aromatic carbocycles. The molecule has 0 saturated heterocycles. The summed E-state index contributed by atoms with van der Waals surface area (Å²) in [5, 5.41) is 0.431. The Kier molecular flexibility index (Phi) is 8.34. The van der Waals surface area contributed by atoms with E-state index < -0.39 is 22.0 Å². The third-order valence-electron chi connectivity index (χ3n) is 2.87. The summed E-state index contributed by atoms with van der Waals surface area (Å²) >= 11 is 6.91. The molecule has 0 spiro atoms. The van der Waals surface area contributed by atoms with Crippen LogP contribution in [-0.4, -0.2) is 50.4 Å². The largest absolute Gasteiger partial charge is 0.478 e. The Labute approximate surface area is 161 Å². The number of anilines is 1. The Bertz CT molecular complexity index is 810. The smallest absolute Gasteiger partial charge is 0.323 e. The molecule has 0 bridgehead atoms. The predicted molar refractivity (Wildman–Crippen MR) is 101 cm³/mol. The Balaban J connectivity index is 3.01. The number of nitrogens with zero attached hydrogens (tertiary/aromatic N) is 2. The zero-order valence-electron chi connectivity index (χ0n) is 14.4. The minimum absolute atomic E-state index is 0.0448. The molecule has 9 nitrogen and oxygen atoms in total. The number of rotatable bonds is 9. The predicted octanol–water partition coefficient (Wildman–Crippen LogP) is 1.48. The van der Waals surface area contributed by atoms with Crippen LogP contribution in [0.4, 0.5) is 5.82 Å². The normalized spacial score (nSPS) is 13.4. The van der Waals surface area contributed by atoms with Crippen molar-refractivity contribution < 1.29 is 22.7 Å². The topological polar surface area (TPSA) is 134 Å². The first-order chi connectivity index (χ1) is 12.2. The highest BCUT2D eigenvalue weighted by Crippen LogP contribution is 2.27. The first-order valence-electron chi connectivity index (χ1n) is 7.05. The molecule has 0 unspecified atom stereocenters. The maximum atomic E-state index is 12.3. The minimum Gasteiger partial charge on any atom is -0.478 e. The average molecular weight is 423 g/mol. The van der Waals surface area contributed by atoms with Crippen LogP contribution in [-0.2, 0) is 19.6 Å². The number of hydrogen-bond acceptors (Lipinski definition) is 9. The summed E-state index contributed by atoms with van der Waals surface area (Å²) in [7, 11) is -1.45. The summed E-state index contributed by atoms with van der Waals surface area (Å²) in [5.74, 6) is -0.529. The second kappa shape index (κ2) is 9.76. The van der Waals surface area contributed by atoms with Gasteiger partial charge in [0.1, 0.15) is 16.0 Å². The van der Waals surface area contributed by atoms with E-state index in [0.29, 0.717) is 5.03 Å². The molecule has 0 amide bonds. The van der Waals surface area contributed by atoms with E-state index in [9.17, 15) is 13.2 Å². The van der Waals surface area contributed by atoms with Crippen molar-refractivity contribution >= 4 is 45.2 Å². The lowest BCUT2D eigenvalue weighted by Crippen LogP contribution is -2.33. The summed E-state index contributed by atoms with van der Waals surface area (Å²) in [5.41, 5.74) is 5.64. The van der Waals surface area contributed by atoms with Gasteiger partial charge in [0, 0.05) is 10.8 Å². The number of methoxy groups -OCH3 is 2. The lowest BCUT2D eigenvalue weighted by molar-refractivity contribution is -0.141. The third-order valence-corrected chi connectivity index (χ3v) is 5.72. The van der Waals surface area contributed by atoms with E-state index in [4.69, 9.17) is 22.1 Å². The SMILES string of the molecule is C=C/C(=C(\C)Cl)S(=O)(=O)Nc1ncc(SC[C@H](N)C(=O)OC)nc1OC. The number of allylic oxidation sites excluding steroid dienone is 2. The summed E-state index contributed by atoms with van der Waals surface area (Å²) in [6.07, 6.45) is 2.43. The third kappa shape index (κ3) is 5.87. The number of nitrogens with two attached hydrogens (primary N) is 1. The van der Waals surface area contributed by atoms with Gasteiger partial charge >= 0.3 is 5.97 Å². The molecule has 12 heteroatoms. The van der Waals surface area contributed by atoms with Crippen molar-refractivity contribution in [3.05, 3.63) is 28.8 Å². The molecule has 144 valence electrons. The van der Waals surface area contributed by atoms with Gasteiger partial charge in [-0.1, -0.05) is 18.2 Å². The standard InChI is InChI=1S/C14H19ClN4O5S2/c1-5-10(8(2)15)26(21,22)19-12-13(23-3)18-11(6-17-12)25-7-9(16)14(20)24-4/h5-6,9H,1,7,16H2,2-4H3,(H,17,19)/b10-8-/t9-/m0/s1. The number of hydrogen-bond donors (Lipinski definition) is 2. The number of carbonyl (C=O) groups is 1. The van der Waals surface area contributed by atoms with Crippen molar-refractivity contribution in [1.29, 1.82) is 0 Å². The minimum atomic E-state index is -4.00. The molecule has 1 atom stereocenters. The van der Waals surface area contributed by atoms with Crippen molar-refractivity contribution in [2.24, 2.45) is 5.73 Å². The van der Waals surface area contributed by atoms with Gasteiger partial charge < -0.3 is 15.2 Å². The summed E-state index contributed by atoms with van der Waals surface area (Å²) in [6.45, 7) is 4.85. The number of sulfonamides is 1. The van der Waals surface area contributed by atoms with Gasteiger partial charge in [0.2, 0.25) is 5.82 Å². The van der Waals surface area contributed by atoms with Crippen molar-refractivity contribution in [3.63, 3.8) is 0 Å². The van der Waals surface area contributed by atoms with E-state index in [1.54, 1.807) is 0 Å². The van der Waals surface area contributed by atoms with Crippen LogP contribution in [0.25, 0.3) is 0 Å². The number of ether oxygens (including phenoxy) is 2. The van der Waals surface area contributed by atoms with Gasteiger partial charge in [-0.25, -0.2) is 18.4 Å². The molecule has 26 heavy (non-hydrogen) atoms. The number of aromatic nitrogens is 2. The zero-order valence-corrected chi connectivity index (χ0v) is 16.7. The molecule has 1 heterocycles. The molecule has 1 aromatic rings. The Hall–Kier alpha value is -1.82. The van der Waals surface area contributed by atoms with E-state index in [1.165, 1.54) is 27.3 Å². The molecule has 3 N–H and O–H groups in total. The van der Waals surface area contributed by atoms with Crippen molar-refractivity contribution in [2.75, 3.05) is 24.7 Å². The van der Waals surface area contributed by atoms with E-state index >= 15 is 0 Å². The van der Waals surface area contributed by atoms with E-state index in [1.807, 2.05) is 0 Å². The van der Waals surface area contributed by atoms with Gasteiger partial charge in [0.05, 0.1) is 20.4 Å². The van der Waals surface area contributed by atoms with Gasteiger partial charge in [0.15, 0.2) is 0 Å². The monoisotopic (exact) mass is 422 g/mol. The van der Waals surface area contributed by atoms with Gasteiger partial charge in [-0.15, -0.1) is 11.8 Å². The second-order valence-electron chi connectivity index (χ2n) is 4.71. The highest BCUT2D eigenvalue weighted by Gasteiger charge is 2.21. The van der Waals surface area contributed by atoms with Gasteiger partial charge in [0.25, 0.3) is 15.9 Å². The molecule has 1 rings (SSSR count). The van der Waals surface area contributed by atoms with Crippen LogP contribution in [0.3, 0.4) is 0 Å². The van der Waals surface area contributed by atoms with Crippen molar-refractivity contribution in [3.8, 4) is 5.88 Å². The summed E-state index contributed by atoms with van der Waals surface area (Å²) in [4.78, 5) is 19.2. The molecule has 1 aromatic heterocycles. The van der Waals surface area contributed by atoms with Crippen molar-refractivity contribution in [2.45, 2.75) is 18.0 Å². The van der Waals surface area contributed by atoms with E-state index in [2.05, 4.69) is 26.0 Å². The Morgan fingerprint density at radius 3 is 2.69 bits per heavy atom. The molecular weight excluding hydrogens is 404 g/mol. The fourth-order valence-electron chi connectivity index (χ4n) is 1.65. The molecular formula is C14H19ClN4O5S2. The number of halogens is 1. The van der Waals surface area contributed by atoms with Crippen LogP contribution in [0.1, 0.15) is 6.92 Å². The molecule has 0 fully saturated rings. The number of carbonyl (C=O) groups excluding carboxylic acids is 1. The molecule has 0 aliphatic heterocycles. The molecule has 0 saturated carbocycles. The van der Waals surface area contributed by atoms with Crippen LogP contribution >= 0.6 is 23.4 Å². The quantitative estimate of drug-likeness (QED) is 0.344. The zero-order chi connectivity index (χ0) is 19.9. The lowest BCUT2D eigenvalue weighted by Gasteiger charge is -2.12. The highest BCUT2D eigenvalue weighted by molar-refractivity contribution is 7.99. The molecule has 0 radical (unpaired) electrons. The van der Waals surface area contributed by atoms with Crippen LogP contribution in [0.15, 0.2) is 33.8 Å². The first-order valence-corrected chi connectivity index (χ1v) is 9.89. The number of esters is 1. The Morgan fingerprint density at radius 1 is 1.54 bits per heavy atom. The lowest BCUT2D eigenvalue weighted by atomic mass is 10.4. The molecule has 0 aliphatic carbocycles. The maximum Gasteiger partial charge on any atom is 0.323 e. The van der Waals surface area contributed by atoms with Gasteiger partial charge in [-0.2, -0.15) is 0 Å². The first kappa shape index (κ1) is 22.2. The van der Waals surface area contributed by atoms with Crippen LogP contribution < -0.4 is 15.2 Å². The fourth-order valence-corrected chi connectivity index (χ4v) is 3.89. The fraction of sp³-hybridized carbons (Fsp3) is 0.357. The van der Waals surface area contributed by atoms with Crippen LogP contribution in [0, 0.1) is 0 Å². The van der Waals surface area contributed by atoms with Gasteiger partial charge in [-0.05, 0) is 13.0 Å². The Morgan fingerprint density at radius 2 is 2.19 bits per heavy atom. The number of nitrogens with one attached hydrogen (secondary N) is 1. The van der Waals surface area contributed by atoms with Gasteiger partial charge in [-0.3, -0.25) is 9.52 Å². The second-order valence-corrected chi connectivity index (χ2v) is 7.97. The van der Waals surface area contributed by atoms with E-state index in [0.717, 1.165) is 17.8 Å². The van der Waals surface area contributed by atoms with Crippen LogP contribution in [0.5, 0.6) is 5.88 Å². The summed E-state index contributed by atoms with van der Waals surface area (Å²) < 4.78 is 36.5. The van der Waals surface area contributed by atoms with Crippen LogP contribution in [0.2, 0.25) is 0 Å². The maximum absolute atomic E-state index is 12.3. The van der Waals surface area contributed by atoms with E-state index in [-0.39, 0.29) is 27.4 Å². The van der Waals surface area contributed by atoms with Crippen molar-refractivity contribution in [1.82, 2.24) is 9.97 Å².